The second kappa shape index (κ2) is 38.8. The first kappa shape index (κ1) is 91.0. The molecular formula is C85H85F9I2N14O10. The Balaban J connectivity index is 0.000000189. The number of benzene rings is 6. The van der Waals surface area contributed by atoms with Crippen LogP contribution in [-0.4, -0.2) is 174 Å². The van der Waals surface area contributed by atoms with Crippen molar-refractivity contribution >= 4 is 118 Å². The molecule has 2 fully saturated rings. The van der Waals surface area contributed by atoms with E-state index in [9.17, 15) is 73.7 Å². The van der Waals surface area contributed by atoms with Crippen molar-refractivity contribution in [1.82, 2.24) is 53.6 Å². The molecule has 0 radical (unpaired) electrons. The molecule has 0 bridgehead atoms. The molecule has 14 rings (SSSR count). The van der Waals surface area contributed by atoms with E-state index in [1.807, 2.05) is 113 Å². The summed E-state index contributed by atoms with van der Waals surface area (Å²) in [5, 5.41) is 31.9. The van der Waals surface area contributed by atoms with Gasteiger partial charge in [-0.15, -0.1) is 0 Å². The summed E-state index contributed by atoms with van der Waals surface area (Å²) in [7, 11) is 8.42. The van der Waals surface area contributed by atoms with Crippen LogP contribution in [0.1, 0.15) is 105 Å². The minimum absolute atomic E-state index is 0. The van der Waals surface area contributed by atoms with Gasteiger partial charge in [-0.05, 0) is 143 Å². The smallest absolute Gasteiger partial charge is 0.356 e. The number of aromatic nitrogens is 9. The number of esters is 1. The van der Waals surface area contributed by atoms with E-state index < -0.39 is 76.3 Å². The Morgan fingerprint density at radius 3 is 1.01 bits per heavy atom. The summed E-state index contributed by atoms with van der Waals surface area (Å²) in [6.45, 7) is 14.9. The molecule has 0 unspecified atom stereocenters. The number of anilines is 6. The normalized spacial score (nSPS) is 15.1. The van der Waals surface area contributed by atoms with E-state index in [-0.39, 0.29) is 131 Å². The Morgan fingerprint density at radius 2 is 0.733 bits per heavy atom. The van der Waals surface area contributed by atoms with Crippen molar-refractivity contribution < 1.29 is 87.9 Å². The lowest BCUT2D eigenvalue weighted by atomic mass is 9.90. The largest absolute Gasteiger partial charge is 0.481 e. The predicted octanol–water partition coefficient (Wildman–Crippen LogP) is 18.1. The number of fused-ring (bicyclic) bond motifs is 3. The number of piperidine rings is 2. The highest BCUT2D eigenvalue weighted by atomic mass is 128. The van der Waals surface area contributed by atoms with Crippen molar-refractivity contribution in [2.24, 2.45) is 11.8 Å². The number of methoxy groups -OCH3 is 2. The third kappa shape index (κ3) is 19.4. The number of halogens is 11. The molecule has 120 heavy (non-hydrogen) atoms. The first-order valence-electron chi connectivity index (χ1n) is 37.1. The fraction of sp³-hybridized carbons (Fsp3) is 0.306. The van der Waals surface area contributed by atoms with Crippen molar-refractivity contribution in [3.63, 3.8) is 0 Å². The standard InChI is InChI=1S/C32H34F3N5O4.C30H30F3N5O4.C22H17F3N4O2.CH4.I2/c1-6-44-29(41)14-20-10-11-39(17-26(20)43-5)32(42)25-15-27-36-24(21-12-22(33)30(35)23(34)13-21)16-28(40(27)37-25)38(4)31-18(2)8-7-9-19(31)3;1-16-6-5-7-17(2)29(16)36(3)26-14-22(19-10-20(31)28(33)21(32)11-19)34-25-13-23(35-38(25)26)30(41)37-9-8-18(12-27(39)40)24(15-37)42-4;1-11-5-4-6-12(2)21(11)28(3)19-10-16(13-7-14(23)20(25)15(24)8-13)26-18-9-17(22(30)31)27-29(18)19;;1-2/h7-9,12-13,15-16,20,26H,6,10-11,14,17H2,1-5H3;5-7,10-11,13-14,18,24H,8-9,12,15H2,1-4H3,(H,39,40);4-10H,1-3H3,(H,30,31);1H4;/t20-,26-;18-,24-;;;/m00.../s1. The van der Waals surface area contributed by atoms with E-state index in [0.717, 1.165) is 86.8 Å². The van der Waals surface area contributed by atoms with E-state index in [0.29, 0.717) is 50.0 Å². The average Bonchev–Trinajstić information content (AvgIpc) is 1.59. The van der Waals surface area contributed by atoms with Gasteiger partial charge in [-0.3, -0.25) is 19.2 Å². The van der Waals surface area contributed by atoms with Gasteiger partial charge in [0.1, 0.15) is 17.5 Å². The molecule has 0 spiro atoms. The Bertz CT molecular complexity index is 5770. The van der Waals surface area contributed by atoms with Crippen LogP contribution in [-0.2, 0) is 23.8 Å². The zero-order chi connectivity index (χ0) is 86.4. The second-order valence-corrected chi connectivity index (χ2v) is 28.6. The van der Waals surface area contributed by atoms with Crippen LogP contribution in [0.2, 0.25) is 0 Å². The van der Waals surface area contributed by atoms with Gasteiger partial charge in [-0.25, -0.2) is 59.3 Å². The van der Waals surface area contributed by atoms with Gasteiger partial charge >= 0.3 is 17.9 Å². The summed E-state index contributed by atoms with van der Waals surface area (Å²) in [5.41, 5.74) is 9.47. The van der Waals surface area contributed by atoms with Gasteiger partial charge in [0.25, 0.3) is 11.8 Å². The third-order valence-corrected chi connectivity index (χ3v) is 20.8. The Labute approximate surface area is 707 Å². The van der Waals surface area contributed by atoms with Crippen LogP contribution in [0.5, 0.6) is 0 Å². The Hall–Kier alpha value is -11.3. The summed E-state index contributed by atoms with van der Waals surface area (Å²) in [5.74, 6) is -15.0. The maximum absolute atomic E-state index is 14.2. The number of carbonyl (C=O) groups is 5. The van der Waals surface area contributed by atoms with Crippen molar-refractivity contribution in [2.75, 3.05) is 82.8 Å². The van der Waals surface area contributed by atoms with Gasteiger partial charge in [-0.2, -0.15) is 28.8 Å². The summed E-state index contributed by atoms with van der Waals surface area (Å²) in [6, 6.07) is 31.6. The lowest BCUT2D eigenvalue weighted by Gasteiger charge is -2.37. The van der Waals surface area contributed by atoms with Gasteiger partial charge < -0.3 is 48.9 Å². The molecule has 35 heteroatoms. The van der Waals surface area contributed by atoms with Crippen LogP contribution < -0.4 is 14.7 Å². The maximum atomic E-state index is 14.2. The Morgan fingerprint density at radius 1 is 0.450 bits per heavy atom. The molecule has 0 aliphatic carbocycles. The van der Waals surface area contributed by atoms with E-state index in [1.165, 1.54) is 44.9 Å². The summed E-state index contributed by atoms with van der Waals surface area (Å²) in [6.07, 6.45) is 0.325. The summed E-state index contributed by atoms with van der Waals surface area (Å²) >= 11 is 4.24. The number of amides is 2. The molecule has 12 aromatic rings. The summed E-state index contributed by atoms with van der Waals surface area (Å²) < 4.78 is 146. The van der Waals surface area contributed by atoms with E-state index in [1.54, 1.807) is 55.0 Å². The number of rotatable bonds is 19. The van der Waals surface area contributed by atoms with E-state index in [4.69, 9.17) is 14.2 Å². The number of carbonyl (C=O) groups excluding carboxylic acids is 3. The molecular weight excluding hydrogens is 1800 g/mol. The Kier molecular flexibility index (Phi) is 29.4. The van der Waals surface area contributed by atoms with Crippen molar-refractivity contribution in [3.05, 3.63) is 230 Å². The molecule has 2 saturated heterocycles. The number of hydrogen-bond donors (Lipinski definition) is 2. The van der Waals surface area contributed by atoms with Gasteiger partial charge in [0, 0.05) is 169 Å². The van der Waals surface area contributed by atoms with E-state index >= 15 is 0 Å². The fourth-order valence-corrected chi connectivity index (χ4v) is 15.1. The number of likely N-dealkylation sites (tertiary alicyclic amines) is 2. The van der Waals surface area contributed by atoms with Gasteiger partial charge in [-0.1, -0.05) is 62.0 Å². The molecule has 24 nitrogen and oxygen atoms in total. The molecule has 2 aliphatic rings. The van der Waals surface area contributed by atoms with Crippen LogP contribution in [0.15, 0.2) is 127 Å². The van der Waals surface area contributed by atoms with Crippen molar-refractivity contribution in [1.29, 1.82) is 0 Å². The quantitative estimate of drug-likeness (QED) is 0.0330. The number of aryl methyl sites for hydroxylation is 6. The zero-order valence-corrected chi connectivity index (χ0v) is 70.7. The first-order valence-corrected chi connectivity index (χ1v) is 43.4. The van der Waals surface area contributed by atoms with Crippen LogP contribution in [0.25, 0.3) is 50.7 Å². The highest BCUT2D eigenvalue weighted by molar-refractivity contribution is 15.0. The average molecular weight is 1890 g/mol. The number of aromatic carboxylic acids is 1. The monoisotopic (exact) mass is 1890 g/mol. The number of carboxylic acid groups (broad SMARTS) is 2. The number of hydrogen-bond acceptors (Lipinski definition) is 17. The molecule has 6 aromatic heterocycles. The number of ether oxygens (including phenoxy) is 3. The lowest BCUT2D eigenvalue weighted by molar-refractivity contribution is -0.146. The molecule has 0 saturated carbocycles. The number of nitrogens with zero attached hydrogens (tertiary/aromatic N) is 14. The minimum Gasteiger partial charge on any atom is -0.481 e. The molecule has 8 heterocycles. The molecule has 4 atom stereocenters. The number of aliphatic carboxylic acids is 1. The molecule has 2 N–H and O–H groups in total. The zero-order valence-electron chi connectivity index (χ0n) is 66.4. The summed E-state index contributed by atoms with van der Waals surface area (Å²) in [4.78, 5) is 84.2. The number of carboxylic acids is 2. The topological polar surface area (TPSA) is 260 Å². The van der Waals surface area contributed by atoms with Crippen LogP contribution in [0.4, 0.5) is 74.0 Å². The van der Waals surface area contributed by atoms with Gasteiger partial charge in [0.2, 0.25) is 0 Å². The maximum Gasteiger partial charge on any atom is 0.356 e. The first-order chi connectivity index (χ1) is 56.7. The SMILES string of the molecule is C.CCOC(=O)C[C@@H]1CCN(C(=O)c2cc3nc(-c4cc(F)c(F)c(F)c4)cc(N(C)c4c(C)cccc4C)n3n2)C[C@@H]1OC.CO[C@H]1CN(C(=O)c2cc3nc(-c4cc(F)c(F)c(F)c4)cc(N(C)c4c(C)cccc4C)n3n2)CC[C@H]1CC(=O)O.Cc1cccc(C)c1N(C)c1cc(-c2cc(F)c(F)c(F)c2)nc2cc(C(=O)O)nn12.II. The van der Waals surface area contributed by atoms with Gasteiger partial charge in [0.15, 0.2) is 86.4 Å². The van der Waals surface area contributed by atoms with Crippen molar-refractivity contribution in [2.45, 2.75) is 93.8 Å². The highest BCUT2D eigenvalue weighted by Crippen LogP contribution is 2.39. The van der Waals surface area contributed by atoms with Crippen molar-refractivity contribution in [3.8, 4) is 33.8 Å². The third-order valence-electron chi connectivity index (χ3n) is 20.8. The van der Waals surface area contributed by atoms with Crippen LogP contribution in [0.3, 0.4) is 0 Å². The molecule has 2 aliphatic heterocycles. The second-order valence-electron chi connectivity index (χ2n) is 28.6. The van der Waals surface area contributed by atoms with Gasteiger partial charge in [0.05, 0.1) is 48.7 Å². The predicted molar refractivity (Wildman–Crippen MR) is 452 cm³/mol. The van der Waals surface area contributed by atoms with Crippen LogP contribution >= 0.6 is 37.2 Å². The molecule has 2 amide bonds. The molecule has 6 aromatic carbocycles. The molecule has 632 valence electrons. The highest BCUT2D eigenvalue weighted by Gasteiger charge is 2.37. The fourth-order valence-electron chi connectivity index (χ4n) is 15.1. The lowest BCUT2D eigenvalue weighted by Crippen LogP contribution is -2.48. The minimum atomic E-state index is -1.58. The van der Waals surface area contributed by atoms with Crippen LogP contribution in [0, 0.1) is 106 Å². The number of para-hydroxylation sites is 3. The van der Waals surface area contributed by atoms with E-state index in [2.05, 4.69) is 67.5 Å².